The molecule has 0 aliphatic carbocycles. The highest BCUT2D eigenvalue weighted by Gasteiger charge is 2.27. The summed E-state index contributed by atoms with van der Waals surface area (Å²) in [5, 5.41) is 0. The van der Waals surface area contributed by atoms with E-state index in [0.29, 0.717) is 31.5 Å². The molecule has 0 bridgehead atoms. The molecular formula is C18H27ClN2O3. The number of hydrogen-bond acceptors (Lipinski definition) is 4. The van der Waals surface area contributed by atoms with Crippen LogP contribution in [-0.2, 0) is 4.79 Å². The molecule has 0 aromatic heterocycles. The molecular weight excluding hydrogens is 328 g/mol. The third kappa shape index (κ3) is 5.49. The zero-order chi connectivity index (χ0) is 16.8. The van der Waals surface area contributed by atoms with Gasteiger partial charge >= 0.3 is 0 Å². The molecule has 1 heterocycles. The monoisotopic (exact) mass is 354 g/mol. The van der Waals surface area contributed by atoms with Gasteiger partial charge in [-0.15, -0.1) is 12.4 Å². The fourth-order valence-corrected chi connectivity index (χ4v) is 2.89. The second-order valence-electron chi connectivity index (χ2n) is 6.26. The van der Waals surface area contributed by atoms with E-state index in [4.69, 9.17) is 10.5 Å². The Hall–Kier alpha value is -1.59. The molecule has 134 valence electrons. The summed E-state index contributed by atoms with van der Waals surface area (Å²) in [6.07, 6.45) is 2.67. The number of nitrogens with zero attached hydrogens (tertiary/aromatic N) is 1. The van der Waals surface area contributed by atoms with Gasteiger partial charge in [-0.1, -0.05) is 0 Å². The van der Waals surface area contributed by atoms with Gasteiger partial charge in [-0.25, -0.2) is 0 Å². The summed E-state index contributed by atoms with van der Waals surface area (Å²) in [7, 11) is 1.61. The van der Waals surface area contributed by atoms with Crippen molar-refractivity contribution in [3.05, 3.63) is 29.8 Å². The Morgan fingerprint density at radius 1 is 1.25 bits per heavy atom. The maximum atomic E-state index is 12.5. The quantitative estimate of drug-likeness (QED) is 0.797. The minimum atomic E-state index is 0. The highest BCUT2D eigenvalue weighted by molar-refractivity contribution is 5.98. The lowest BCUT2D eigenvalue weighted by atomic mass is 9.88. The molecule has 1 aromatic rings. The number of hydrogen-bond donors (Lipinski definition) is 1. The summed E-state index contributed by atoms with van der Waals surface area (Å²) in [6.45, 7) is 3.22. The van der Waals surface area contributed by atoms with Crippen LogP contribution in [-0.4, -0.2) is 42.8 Å². The first kappa shape index (κ1) is 20.5. The Morgan fingerprint density at radius 2 is 1.83 bits per heavy atom. The Bertz CT molecular complexity index is 538. The van der Waals surface area contributed by atoms with E-state index in [0.717, 1.165) is 18.6 Å². The van der Waals surface area contributed by atoms with E-state index in [9.17, 15) is 9.59 Å². The SMILES string of the molecule is COc1ccc(C(=O)C2CCN(C(=O)CCC(C)N)CC2)cc1.Cl. The number of Topliss-reactive ketones (excluding diaryl/α,β-unsaturated/α-hetero) is 1. The number of likely N-dealkylation sites (tertiary alicyclic amines) is 1. The summed E-state index contributed by atoms with van der Waals surface area (Å²) in [5.74, 6) is 1.06. The van der Waals surface area contributed by atoms with Crippen LogP contribution in [0.25, 0.3) is 0 Å². The number of ether oxygens (including phenoxy) is 1. The molecule has 0 saturated carbocycles. The van der Waals surface area contributed by atoms with Crippen LogP contribution in [0.2, 0.25) is 0 Å². The number of halogens is 1. The van der Waals surface area contributed by atoms with Gasteiger partial charge in [-0.05, 0) is 50.5 Å². The lowest BCUT2D eigenvalue weighted by molar-refractivity contribution is -0.132. The number of methoxy groups -OCH3 is 1. The predicted molar refractivity (Wildman–Crippen MR) is 96.8 cm³/mol. The van der Waals surface area contributed by atoms with Crippen LogP contribution in [0.4, 0.5) is 0 Å². The Kier molecular flexibility index (Phi) is 8.22. The standard InChI is InChI=1S/C18H26N2O3.ClH/c1-13(19)3-8-17(21)20-11-9-15(10-12-20)18(22)14-4-6-16(23-2)7-5-14;/h4-7,13,15H,3,8-12,19H2,1-2H3;1H. The molecule has 2 rings (SSSR count). The van der Waals surface area contributed by atoms with Crippen LogP contribution in [0.5, 0.6) is 5.75 Å². The van der Waals surface area contributed by atoms with Crippen LogP contribution in [0, 0.1) is 5.92 Å². The van der Waals surface area contributed by atoms with Crippen LogP contribution < -0.4 is 10.5 Å². The van der Waals surface area contributed by atoms with Crippen molar-refractivity contribution in [1.82, 2.24) is 4.90 Å². The van der Waals surface area contributed by atoms with Crippen LogP contribution in [0.1, 0.15) is 43.0 Å². The van der Waals surface area contributed by atoms with Crippen LogP contribution >= 0.6 is 12.4 Å². The largest absolute Gasteiger partial charge is 0.497 e. The average Bonchev–Trinajstić information content (AvgIpc) is 2.59. The van der Waals surface area contributed by atoms with E-state index in [-0.39, 0.29) is 36.1 Å². The minimum absolute atomic E-state index is 0. The van der Waals surface area contributed by atoms with Crippen molar-refractivity contribution in [3.63, 3.8) is 0 Å². The van der Waals surface area contributed by atoms with Crippen molar-refractivity contribution in [2.45, 2.75) is 38.6 Å². The predicted octanol–water partition coefficient (Wildman–Crippen LogP) is 2.67. The third-order valence-corrected chi connectivity index (χ3v) is 4.41. The normalized spacial score (nSPS) is 16.2. The van der Waals surface area contributed by atoms with E-state index in [1.807, 2.05) is 11.8 Å². The highest BCUT2D eigenvalue weighted by atomic mass is 35.5. The molecule has 1 aromatic carbocycles. The molecule has 1 aliphatic heterocycles. The Labute approximate surface area is 149 Å². The second kappa shape index (κ2) is 9.64. The number of carbonyl (C=O) groups is 2. The summed E-state index contributed by atoms with van der Waals surface area (Å²) >= 11 is 0. The first-order chi connectivity index (χ1) is 11.0. The van der Waals surface area contributed by atoms with Crippen molar-refractivity contribution < 1.29 is 14.3 Å². The fraction of sp³-hybridized carbons (Fsp3) is 0.556. The van der Waals surface area contributed by atoms with Crippen molar-refractivity contribution in [1.29, 1.82) is 0 Å². The van der Waals surface area contributed by atoms with E-state index >= 15 is 0 Å². The van der Waals surface area contributed by atoms with Crippen LogP contribution in [0.3, 0.4) is 0 Å². The summed E-state index contributed by atoms with van der Waals surface area (Å²) in [4.78, 5) is 26.5. The molecule has 24 heavy (non-hydrogen) atoms. The molecule has 1 atom stereocenters. The molecule has 2 N–H and O–H groups in total. The van der Waals surface area contributed by atoms with Crippen molar-refractivity contribution >= 4 is 24.1 Å². The smallest absolute Gasteiger partial charge is 0.222 e. The van der Waals surface area contributed by atoms with Gasteiger partial charge in [0.2, 0.25) is 5.91 Å². The van der Waals surface area contributed by atoms with Gasteiger partial charge in [0.05, 0.1) is 7.11 Å². The zero-order valence-electron chi connectivity index (χ0n) is 14.4. The zero-order valence-corrected chi connectivity index (χ0v) is 15.2. The van der Waals surface area contributed by atoms with Crippen molar-refractivity contribution in [3.8, 4) is 5.75 Å². The van der Waals surface area contributed by atoms with E-state index in [1.165, 1.54) is 0 Å². The highest BCUT2D eigenvalue weighted by Crippen LogP contribution is 2.23. The van der Waals surface area contributed by atoms with Crippen LogP contribution in [0.15, 0.2) is 24.3 Å². The molecule has 6 heteroatoms. The number of carbonyl (C=O) groups excluding carboxylic acids is 2. The minimum Gasteiger partial charge on any atom is -0.497 e. The Morgan fingerprint density at radius 3 is 2.33 bits per heavy atom. The van der Waals surface area contributed by atoms with Gasteiger partial charge < -0.3 is 15.4 Å². The average molecular weight is 355 g/mol. The lowest BCUT2D eigenvalue weighted by Gasteiger charge is -2.31. The molecule has 1 unspecified atom stereocenters. The molecule has 1 fully saturated rings. The van der Waals surface area contributed by atoms with Gasteiger partial charge in [0.1, 0.15) is 5.75 Å². The summed E-state index contributed by atoms with van der Waals surface area (Å²) in [5.41, 5.74) is 6.41. The number of ketones is 1. The second-order valence-corrected chi connectivity index (χ2v) is 6.26. The fourth-order valence-electron chi connectivity index (χ4n) is 2.89. The molecule has 1 amide bonds. The number of amides is 1. The topological polar surface area (TPSA) is 72.6 Å². The van der Waals surface area contributed by atoms with Gasteiger partial charge in [-0.3, -0.25) is 9.59 Å². The first-order valence-electron chi connectivity index (χ1n) is 8.23. The van der Waals surface area contributed by atoms with Gasteiger partial charge in [0.15, 0.2) is 5.78 Å². The third-order valence-electron chi connectivity index (χ3n) is 4.41. The van der Waals surface area contributed by atoms with Crippen molar-refractivity contribution in [2.24, 2.45) is 11.7 Å². The first-order valence-corrected chi connectivity index (χ1v) is 8.23. The lowest BCUT2D eigenvalue weighted by Crippen LogP contribution is -2.40. The number of piperidine rings is 1. The summed E-state index contributed by atoms with van der Waals surface area (Å²) in [6, 6.07) is 7.27. The Balaban J connectivity index is 0.00000288. The van der Waals surface area contributed by atoms with Gasteiger partial charge in [-0.2, -0.15) is 0 Å². The van der Waals surface area contributed by atoms with E-state index in [1.54, 1.807) is 31.4 Å². The molecule has 1 saturated heterocycles. The number of rotatable bonds is 6. The molecule has 5 nitrogen and oxygen atoms in total. The molecule has 0 spiro atoms. The van der Waals surface area contributed by atoms with E-state index < -0.39 is 0 Å². The van der Waals surface area contributed by atoms with Gasteiger partial charge in [0, 0.05) is 37.0 Å². The maximum absolute atomic E-state index is 12.5. The number of benzene rings is 1. The summed E-state index contributed by atoms with van der Waals surface area (Å²) < 4.78 is 5.11. The maximum Gasteiger partial charge on any atom is 0.222 e. The molecule has 0 radical (unpaired) electrons. The van der Waals surface area contributed by atoms with E-state index in [2.05, 4.69) is 0 Å². The van der Waals surface area contributed by atoms with Crippen molar-refractivity contribution in [2.75, 3.05) is 20.2 Å². The number of nitrogens with two attached hydrogens (primary N) is 1. The van der Waals surface area contributed by atoms with Gasteiger partial charge in [0.25, 0.3) is 0 Å². The molecule has 1 aliphatic rings.